The van der Waals surface area contributed by atoms with Crippen molar-refractivity contribution in [1.82, 2.24) is 0 Å². The summed E-state index contributed by atoms with van der Waals surface area (Å²) in [6.07, 6.45) is 0. The highest BCUT2D eigenvalue weighted by Crippen LogP contribution is 2.47. The van der Waals surface area contributed by atoms with Crippen molar-refractivity contribution in [2.45, 2.75) is 0 Å². The lowest BCUT2D eigenvalue weighted by molar-refractivity contribution is -0.658. The van der Waals surface area contributed by atoms with E-state index in [4.69, 9.17) is 0 Å². The van der Waals surface area contributed by atoms with Crippen LogP contribution >= 0.6 is 0 Å². The molecule has 0 saturated carbocycles. The quantitative estimate of drug-likeness (QED) is 0.276. The van der Waals surface area contributed by atoms with Crippen LogP contribution in [0.1, 0.15) is 0 Å². The number of hydrogen-bond donors (Lipinski definition) is 0. The van der Waals surface area contributed by atoms with Crippen molar-refractivity contribution in [3.63, 3.8) is 0 Å². The minimum absolute atomic E-state index is 1.22. The van der Waals surface area contributed by atoms with Gasteiger partial charge in [-0.25, -0.2) is 0 Å². The van der Waals surface area contributed by atoms with Crippen molar-refractivity contribution in [2.24, 2.45) is 14.1 Å². The van der Waals surface area contributed by atoms with E-state index in [1.54, 1.807) is 0 Å². The fourth-order valence-electron chi connectivity index (χ4n) is 5.09. The standard InChI is InChI=1S/C28H26N4/c1-29-21-9-5-7-11-23(21)31(3)27-17-19(13-15-25(27)29)20-14-16-26-28(18-20)32(4)24-12-8-6-10-22(24)30(26)2/h5-18H,1-4H3/q+2. The molecular weight excluding hydrogens is 392 g/mol. The highest BCUT2D eigenvalue weighted by molar-refractivity contribution is 5.94. The zero-order valence-corrected chi connectivity index (χ0v) is 18.9. The molecule has 4 nitrogen and oxygen atoms in total. The number of rotatable bonds is 1. The lowest BCUT2D eigenvalue weighted by Crippen LogP contribution is -2.41. The Labute approximate surface area is 188 Å². The maximum absolute atomic E-state index is 2.31. The first kappa shape index (κ1) is 18.8. The van der Waals surface area contributed by atoms with Crippen LogP contribution in [0.4, 0.5) is 22.7 Å². The number of aromatic nitrogens is 2. The minimum atomic E-state index is 1.22. The van der Waals surface area contributed by atoms with E-state index in [1.807, 2.05) is 0 Å². The largest absolute Gasteiger partial charge is 0.341 e. The van der Waals surface area contributed by atoms with Gasteiger partial charge in [-0.1, -0.05) is 30.3 Å². The van der Waals surface area contributed by atoms with Crippen LogP contribution in [0, 0.1) is 0 Å². The summed E-state index contributed by atoms with van der Waals surface area (Å²) in [5.41, 5.74) is 12.2. The molecule has 0 fully saturated rings. The van der Waals surface area contributed by atoms with E-state index < -0.39 is 0 Å². The van der Waals surface area contributed by atoms with E-state index in [-0.39, 0.29) is 0 Å². The van der Waals surface area contributed by atoms with Crippen molar-refractivity contribution in [2.75, 3.05) is 23.9 Å². The van der Waals surface area contributed by atoms with Crippen LogP contribution in [-0.2, 0) is 14.1 Å². The number of anilines is 4. The third-order valence-electron chi connectivity index (χ3n) is 6.94. The summed E-state index contributed by atoms with van der Waals surface area (Å²) in [6.45, 7) is 0. The van der Waals surface area contributed by atoms with Crippen LogP contribution in [0.3, 0.4) is 0 Å². The molecule has 0 atom stereocenters. The summed E-state index contributed by atoms with van der Waals surface area (Å²) in [7, 11) is 8.60. The van der Waals surface area contributed by atoms with Gasteiger partial charge in [0, 0.05) is 38.4 Å². The average molecular weight is 419 g/mol. The van der Waals surface area contributed by atoms with Crippen molar-refractivity contribution in [3.05, 3.63) is 84.9 Å². The van der Waals surface area contributed by atoms with Crippen LogP contribution in [0.2, 0.25) is 0 Å². The van der Waals surface area contributed by atoms with Crippen molar-refractivity contribution in [1.29, 1.82) is 0 Å². The summed E-state index contributed by atoms with van der Waals surface area (Å²) in [5.74, 6) is 0. The van der Waals surface area contributed by atoms with E-state index in [2.05, 4.69) is 132 Å². The fourth-order valence-corrected chi connectivity index (χ4v) is 5.09. The zero-order valence-electron chi connectivity index (χ0n) is 18.9. The Balaban J connectivity index is 1.53. The molecule has 1 aromatic heterocycles. The SMILES string of the molecule is CN1c2ccccc2N(C)c2cc(-c3ccc4c(c3)[n+](C)c3ccccc3[n+]4C)ccc21. The molecule has 32 heavy (non-hydrogen) atoms. The molecule has 6 rings (SSSR count). The van der Waals surface area contributed by atoms with E-state index in [0.717, 1.165) is 0 Å². The Morgan fingerprint density at radius 3 is 1.62 bits per heavy atom. The fraction of sp³-hybridized carbons (Fsp3) is 0.143. The number of benzene rings is 4. The summed E-state index contributed by atoms with van der Waals surface area (Å²) in [4.78, 5) is 4.57. The molecule has 0 N–H and O–H groups in total. The number of fused-ring (bicyclic) bond motifs is 4. The van der Waals surface area contributed by atoms with Gasteiger partial charge in [-0.3, -0.25) is 0 Å². The summed E-state index contributed by atoms with van der Waals surface area (Å²) >= 11 is 0. The van der Waals surface area contributed by atoms with Gasteiger partial charge in [0.2, 0.25) is 0 Å². The molecular formula is C28H26N4+2. The van der Waals surface area contributed by atoms with Crippen LogP contribution < -0.4 is 18.9 Å². The van der Waals surface area contributed by atoms with E-state index >= 15 is 0 Å². The third-order valence-corrected chi connectivity index (χ3v) is 6.94. The molecule has 1 aliphatic heterocycles. The molecule has 4 heteroatoms. The lowest BCUT2D eigenvalue weighted by atomic mass is 10.0. The minimum Gasteiger partial charge on any atom is -0.341 e. The zero-order chi connectivity index (χ0) is 22.0. The van der Waals surface area contributed by atoms with E-state index in [1.165, 1.54) is 55.9 Å². The molecule has 0 spiro atoms. The monoisotopic (exact) mass is 418 g/mol. The highest BCUT2D eigenvalue weighted by atomic mass is 15.2. The second-order valence-corrected chi connectivity index (χ2v) is 8.62. The number of aryl methyl sites for hydroxylation is 2. The maximum atomic E-state index is 2.31. The molecule has 1 aliphatic rings. The van der Waals surface area contributed by atoms with Gasteiger partial charge in [-0.15, -0.1) is 0 Å². The van der Waals surface area contributed by atoms with Crippen molar-refractivity contribution >= 4 is 44.8 Å². The van der Waals surface area contributed by atoms with Crippen LogP contribution in [-0.4, -0.2) is 14.1 Å². The first-order chi connectivity index (χ1) is 15.5. The molecule has 5 aromatic rings. The van der Waals surface area contributed by atoms with Gasteiger partial charge in [-0.05, 0) is 41.5 Å². The second-order valence-electron chi connectivity index (χ2n) is 8.62. The van der Waals surface area contributed by atoms with Gasteiger partial charge >= 0.3 is 0 Å². The Kier molecular flexibility index (Phi) is 3.99. The molecule has 0 aliphatic carbocycles. The predicted molar refractivity (Wildman–Crippen MR) is 132 cm³/mol. The predicted octanol–water partition coefficient (Wildman–Crippen LogP) is 5.16. The lowest BCUT2D eigenvalue weighted by Gasteiger charge is -2.36. The molecule has 0 bridgehead atoms. The Morgan fingerprint density at radius 1 is 0.469 bits per heavy atom. The molecule has 0 saturated heterocycles. The van der Waals surface area contributed by atoms with Gasteiger partial charge in [-0.2, -0.15) is 9.13 Å². The Hall–Kier alpha value is -3.92. The van der Waals surface area contributed by atoms with Crippen molar-refractivity contribution in [3.8, 4) is 11.1 Å². The molecule has 0 unspecified atom stereocenters. The van der Waals surface area contributed by atoms with Gasteiger partial charge in [0.25, 0.3) is 22.1 Å². The smallest absolute Gasteiger partial charge is 0.278 e. The van der Waals surface area contributed by atoms with Gasteiger partial charge in [0.05, 0.1) is 22.7 Å². The summed E-state index contributed by atoms with van der Waals surface area (Å²) in [6, 6.07) is 30.7. The van der Waals surface area contributed by atoms with Crippen molar-refractivity contribution < 1.29 is 9.13 Å². The molecule has 2 heterocycles. The second kappa shape index (κ2) is 6.79. The number of para-hydroxylation sites is 4. The number of hydrogen-bond acceptors (Lipinski definition) is 2. The summed E-state index contributed by atoms with van der Waals surface area (Å²) < 4.78 is 4.57. The van der Waals surface area contributed by atoms with E-state index in [9.17, 15) is 0 Å². The topological polar surface area (TPSA) is 14.2 Å². The van der Waals surface area contributed by atoms with Crippen LogP contribution in [0.25, 0.3) is 33.2 Å². The maximum Gasteiger partial charge on any atom is 0.278 e. The van der Waals surface area contributed by atoms with Gasteiger partial charge in [0.15, 0.2) is 0 Å². The van der Waals surface area contributed by atoms with Gasteiger partial charge < -0.3 is 9.80 Å². The van der Waals surface area contributed by atoms with Crippen LogP contribution in [0.5, 0.6) is 0 Å². The molecule has 0 radical (unpaired) electrons. The third kappa shape index (κ3) is 2.56. The van der Waals surface area contributed by atoms with Crippen LogP contribution in [0.15, 0.2) is 84.9 Å². The molecule has 4 aromatic carbocycles. The Bertz CT molecular complexity index is 1540. The first-order valence-electron chi connectivity index (χ1n) is 11.0. The Morgan fingerprint density at radius 2 is 0.938 bits per heavy atom. The van der Waals surface area contributed by atoms with E-state index in [0.29, 0.717) is 0 Å². The molecule has 156 valence electrons. The average Bonchev–Trinajstić information content (AvgIpc) is 2.85. The number of nitrogens with zero attached hydrogens (tertiary/aromatic N) is 4. The highest BCUT2D eigenvalue weighted by Gasteiger charge is 2.25. The van der Waals surface area contributed by atoms with Gasteiger partial charge in [0.1, 0.15) is 14.1 Å². The molecule has 0 amide bonds. The summed E-state index contributed by atoms with van der Waals surface area (Å²) in [5, 5.41) is 0. The first-order valence-corrected chi connectivity index (χ1v) is 11.0. The normalized spacial score (nSPS) is 12.9.